The molecule has 1 atom stereocenters. The summed E-state index contributed by atoms with van der Waals surface area (Å²) in [6, 6.07) is 11.2. The highest BCUT2D eigenvalue weighted by molar-refractivity contribution is 6.35. The minimum atomic E-state index is -1.01. The number of hydrogen-bond donors (Lipinski definition) is 1. The Morgan fingerprint density at radius 2 is 1.71 bits per heavy atom. The van der Waals surface area contributed by atoms with Crippen LogP contribution in [-0.2, 0) is 9.53 Å². The van der Waals surface area contributed by atoms with Crippen molar-refractivity contribution in [2.45, 2.75) is 13.0 Å². The molecule has 0 aromatic heterocycles. The summed E-state index contributed by atoms with van der Waals surface area (Å²) in [6.07, 6.45) is -1.01. The highest BCUT2D eigenvalue weighted by Gasteiger charge is 2.21. The first-order chi connectivity index (χ1) is 11.4. The van der Waals surface area contributed by atoms with Crippen molar-refractivity contribution in [3.63, 3.8) is 0 Å². The number of ether oxygens (including phenoxy) is 2. The molecule has 24 heavy (non-hydrogen) atoms. The van der Waals surface area contributed by atoms with Gasteiger partial charge in [-0.15, -0.1) is 0 Å². The van der Waals surface area contributed by atoms with E-state index in [1.165, 1.54) is 14.0 Å². The van der Waals surface area contributed by atoms with E-state index in [1.807, 2.05) is 0 Å². The van der Waals surface area contributed by atoms with Crippen LogP contribution in [0.3, 0.4) is 0 Å². The Bertz CT molecular complexity index is 744. The topological polar surface area (TPSA) is 64.6 Å². The van der Waals surface area contributed by atoms with Crippen LogP contribution in [0.4, 0.5) is 5.69 Å². The molecular weight excluding hydrogens is 353 g/mol. The van der Waals surface area contributed by atoms with Crippen LogP contribution < -0.4 is 10.1 Å². The first kappa shape index (κ1) is 18.1. The second kappa shape index (κ2) is 8.04. The Labute approximate surface area is 149 Å². The van der Waals surface area contributed by atoms with Crippen LogP contribution in [0.25, 0.3) is 0 Å². The third-order valence-corrected chi connectivity index (χ3v) is 3.55. The molecule has 126 valence electrons. The van der Waals surface area contributed by atoms with Gasteiger partial charge >= 0.3 is 5.97 Å². The van der Waals surface area contributed by atoms with Crippen LogP contribution in [-0.4, -0.2) is 25.1 Å². The maximum atomic E-state index is 12.2. The molecule has 0 aliphatic heterocycles. The third-order valence-electron chi connectivity index (χ3n) is 3.11. The number of benzene rings is 2. The van der Waals surface area contributed by atoms with Crippen molar-refractivity contribution in [3.8, 4) is 5.75 Å². The van der Waals surface area contributed by atoms with Gasteiger partial charge in [-0.25, -0.2) is 4.79 Å². The van der Waals surface area contributed by atoms with Crippen molar-refractivity contribution in [3.05, 3.63) is 58.1 Å². The maximum Gasteiger partial charge on any atom is 0.342 e. The van der Waals surface area contributed by atoms with E-state index in [4.69, 9.17) is 32.7 Å². The first-order valence-electron chi connectivity index (χ1n) is 7.01. The van der Waals surface area contributed by atoms with Gasteiger partial charge in [-0.1, -0.05) is 35.3 Å². The Kier molecular flexibility index (Phi) is 6.06. The maximum absolute atomic E-state index is 12.2. The molecule has 0 heterocycles. The van der Waals surface area contributed by atoms with Crippen LogP contribution in [0.1, 0.15) is 17.3 Å². The number of rotatable bonds is 5. The molecular formula is C17H15Cl2NO4. The SMILES string of the molecule is COc1ccccc1C(=O)O[C@H](C)C(=O)Nc1cc(Cl)cc(Cl)c1. The van der Waals surface area contributed by atoms with E-state index in [-0.39, 0.29) is 5.56 Å². The predicted octanol–water partition coefficient (Wildman–Crippen LogP) is 4.19. The van der Waals surface area contributed by atoms with Crippen LogP contribution in [0.2, 0.25) is 10.0 Å². The van der Waals surface area contributed by atoms with E-state index in [0.717, 1.165) is 0 Å². The van der Waals surface area contributed by atoms with Crippen LogP contribution >= 0.6 is 23.2 Å². The third kappa shape index (κ3) is 4.63. The second-order valence-electron chi connectivity index (χ2n) is 4.90. The Hall–Kier alpha value is -2.24. The summed E-state index contributed by atoms with van der Waals surface area (Å²) in [5.74, 6) is -0.785. The number of carbonyl (C=O) groups excluding carboxylic acids is 2. The summed E-state index contributed by atoms with van der Waals surface area (Å²) in [4.78, 5) is 24.3. The molecule has 0 bridgehead atoms. The van der Waals surface area contributed by atoms with Gasteiger partial charge < -0.3 is 14.8 Å². The predicted molar refractivity (Wildman–Crippen MR) is 93.0 cm³/mol. The first-order valence-corrected chi connectivity index (χ1v) is 7.77. The highest BCUT2D eigenvalue weighted by atomic mass is 35.5. The molecule has 2 aromatic rings. The average Bonchev–Trinajstić information content (AvgIpc) is 2.53. The molecule has 7 heteroatoms. The van der Waals surface area contributed by atoms with E-state index in [0.29, 0.717) is 21.5 Å². The van der Waals surface area contributed by atoms with Gasteiger partial charge in [-0.2, -0.15) is 0 Å². The lowest BCUT2D eigenvalue weighted by Crippen LogP contribution is -2.30. The summed E-state index contributed by atoms with van der Waals surface area (Å²) < 4.78 is 10.3. The number of amides is 1. The fraction of sp³-hybridized carbons (Fsp3) is 0.176. The monoisotopic (exact) mass is 367 g/mol. The van der Waals surface area contributed by atoms with E-state index >= 15 is 0 Å². The summed E-state index contributed by atoms with van der Waals surface area (Å²) in [5, 5.41) is 3.36. The van der Waals surface area contributed by atoms with Crippen molar-refractivity contribution in [2.75, 3.05) is 12.4 Å². The summed E-state index contributed by atoms with van der Waals surface area (Å²) >= 11 is 11.8. The minimum absolute atomic E-state index is 0.241. The number of para-hydroxylation sites is 1. The zero-order chi connectivity index (χ0) is 17.7. The van der Waals surface area contributed by atoms with Crippen molar-refractivity contribution in [2.24, 2.45) is 0 Å². The number of halogens is 2. The second-order valence-corrected chi connectivity index (χ2v) is 5.77. The molecule has 0 saturated heterocycles. The molecule has 0 fully saturated rings. The zero-order valence-corrected chi connectivity index (χ0v) is 14.5. The molecule has 1 amide bonds. The van der Waals surface area contributed by atoms with Crippen LogP contribution in [0.15, 0.2) is 42.5 Å². The van der Waals surface area contributed by atoms with Gasteiger partial charge in [0.05, 0.1) is 7.11 Å². The van der Waals surface area contributed by atoms with E-state index < -0.39 is 18.0 Å². The number of esters is 1. The number of carbonyl (C=O) groups is 2. The van der Waals surface area contributed by atoms with Gasteiger partial charge in [-0.3, -0.25) is 4.79 Å². The van der Waals surface area contributed by atoms with Crippen molar-refractivity contribution >= 4 is 40.8 Å². The highest BCUT2D eigenvalue weighted by Crippen LogP contribution is 2.23. The number of hydrogen-bond acceptors (Lipinski definition) is 4. The summed E-state index contributed by atoms with van der Waals surface area (Å²) in [6.45, 7) is 1.47. The van der Waals surface area contributed by atoms with E-state index in [1.54, 1.807) is 42.5 Å². The zero-order valence-electron chi connectivity index (χ0n) is 13.0. The van der Waals surface area contributed by atoms with Gasteiger partial charge in [0.2, 0.25) is 0 Å². The number of methoxy groups -OCH3 is 1. The fourth-order valence-corrected chi connectivity index (χ4v) is 2.49. The average molecular weight is 368 g/mol. The largest absolute Gasteiger partial charge is 0.496 e. The normalized spacial score (nSPS) is 11.5. The van der Waals surface area contributed by atoms with Crippen LogP contribution in [0, 0.1) is 0 Å². The molecule has 2 aromatic carbocycles. The minimum Gasteiger partial charge on any atom is -0.496 e. The molecule has 1 N–H and O–H groups in total. The van der Waals surface area contributed by atoms with Gasteiger partial charge in [0.15, 0.2) is 6.10 Å². The molecule has 0 spiro atoms. The van der Waals surface area contributed by atoms with Gasteiger partial charge in [0.25, 0.3) is 5.91 Å². The van der Waals surface area contributed by atoms with Gasteiger partial charge in [-0.05, 0) is 37.3 Å². The Morgan fingerprint density at radius 3 is 2.33 bits per heavy atom. The standard InChI is InChI=1S/C17H15Cl2NO4/c1-10(16(21)20-13-8-11(18)7-12(19)9-13)24-17(22)14-5-3-4-6-15(14)23-2/h3-10H,1-2H3,(H,20,21)/t10-/m1/s1. The lowest BCUT2D eigenvalue weighted by atomic mass is 10.2. The fourth-order valence-electron chi connectivity index (χ4n) is 1.96. The lowest BCUT2D eigenvalue weighted by Gasteiger charge is -2.15. The molecule has 0 unspecified atom stereocenters. The Morgan fingerprint density at radius 1 is 1.08 bits per heavy atom. The van der Waals surface area contributed by atoms with Gasteiger partial charge in [0.1, 0.15) is 11.3 Å². The van der Waals surface area contributed by atoms with Crippen LogP contribution in [0.5, 0.6) is 5.75 Å². The summed E-state index contributed by atoms with van der Waals surface area (Å²) in [5.41, 5.74) is 0.656. The quantitative estimate of drug-likeness (QED) is 0.804. The number of anilines is 1. The molecule has 0 aliphatic rings. The molecule has 0 aliphatic carbocycles. The van der Waals surface area contributed by atoms with E-state index in [2.05, 4.69) is 5.32 Å². The lowest BCUT2D eigenvalue weighted by molar-refractivity contribution is -0.123. The molecule has 5 nitrogen and oxygen atoms in total. The smallest absolute Gasteiger partial charge is 0.342 e. The van der Waals surface area contributed by atoms with Crippen molar-refractivity contribution < 1.29 is 19.1 Å². The van der Waals surface area contributed by atoms with E-state index in [9.17, 15) is 9.59 Å². The van der Waals surface area contributed by atoms with Crippen molar-refractivity contribution in [1.29, 1.82) is 0 Å². The van der Waals surface area contributed by atoms with Gasteiger partial charge in [0, 0.05) is 15.7 Å². The number of nitrogens with one attached hydrogen (secondary N) is 1. The molecule has 0 radical (unpaired) electrons. The van der Waals surface area contributed by atoms with Crippen molar-refractivity contribution in [1.82, 2.24) is 0 Å². The Balaban J connectivity index is 2.04. The summed E-state index contributed by atoms with van der Waals surface area (Å²) in [7, 11) is 1.45. The molecule has 0 saturated carbocycles. The molecule has 2 rings (SSSR count).